The first-order valence-electron chi connectivity index (χ1n) is 6.19. The second kappa shape index (κ2) is 7.39. The molecule has 2 aromatic rings. The maximum absolute atomic E-state index is 11.6. The van der Waals surface area contributed by atoms with Crippen LogP contribution in [0.2, 0.25) is 0 Å². The predicted octanol–water partition coefficient (Wildman–Crippen LogP) is 1.99. The number of amides is 1. The normalized spacial score (nSPS) is 10.6. The molecule has 1 aromatic carbocycles. The van der Waals surface area contributed by atoms with Gasteiger partial charge in [0.25, 0.3) is 5.91 Å². The van der Waals surface area contributed by atoms with Crippen molar-refractivity contribution >= 4 is 23.5 Å². The Labute approximate surface area is 126 Å². The number of hydrogen-bond donors (Lipinski definition) is 1. The van der Waals surface area contributed by atoms with Gasteiger partial charge < -0.3 is 9.47 Å². The monoisotopic (exact) mass is 305 g/mol. The van der Waals surface area contributed by atoms with E-state index in [9.17, 15) is 4.79 Å². The van der Waals surface area contributed by atoms with Crippen LogP contribution >= 0.6 is 11.3 Å². The Kier molecular flexibility index (Phi) is 5.28. The molecule has 6 nitrogen and oxygen atoms in total. The van der Waals surface area contributed by atoms with Crippen LogP contribution in [0, 0.1) is 6.92 Å². The van der Waals surface area contributed by atoms with Gasteiger partial charge in [0.1, 0.15) is 0 Å². The van der Waals surface area contributed by atoms with Crippen LogP contribution in [0.3, 0.4) is 0 Å². The third-order valence-corrected chi connectivity index (χ3v) is 3.24. The molecule has 0 fully saturated rings. The van der Waals surface area contributed by atoms with Gasteiger partial charge in [-0.15, -0.1) is 11.3 Å². The zero-order valence-corrected chi connectivity index (χ0v) is 12.5. The maximum Gasteiger partial charge on any atom is 0.277 e. The predicted molar refractivity (Wildman–Crippen MR) is 81.1 cm³/mol. The summed E-state index contributed by atoms with van der Waals surface area (Å²) < 4.78 is 10.5. The molecule has 1 amide bonds. The minimum absolute atomic E-state index is 0.145. The van der Waals surface area contributed by atoms with Crippen molar-refractivity contribution in [2.75, 3.05) is 13.7 Å². The van der Waals surface area contributed by atoms with Crippen molar-refractivity contribution in [3.8, 4) is 11.5 Å². The number of hydrazone groups is 1. The zero-order chi connectivity index (χ0) is 15.1. The fourth-order valence-electron chi connectivity index (χ4n) is 1.52. The summed E-state index contributed by atoms with van der Waals surface area (Å²) in [5.74, 6) is 0.727. The number of ether oxygens (including phenoxy) is 2. The Morgan fingerprint density at radius 2 is 2.19 bits per heavy atom. The van der Waals surface area contributed by atoms with Crippen LogP contribution in [-0.2, 0) is 4.79 Å². The first-order chi connectivity index (χ1) is 10.2. The Morgan fingerprint density at radius 1 is 1.43 bits per heavy atom. The van der Waals surface area contributed by atoms with E-state index in [4.69, 9.17) is 9.47 Å². The molecule has 0 aliphatic heterocycles. The van der Waals surface area contributed by atoms with E-state index in [-0.39, 0.29) is 12.5 Å². The average Bonchev–Trinajstić information content (AvgIpc) is 2.91. The lowest BCUT2D eigenvalue weighted by Gasteiger charge is -2.08. The van der Waals surface area contributed by atoms with Gasteiger partial charge in [0.2, 0.25) is 0 Å². The Hall–Kier alpha value is -2.41. The van der Waals surface area contributed by atoms with E-state index in [2.05, 4.69) is 15.5 Å². The lowest BCUT2D eigenvalue weighted by Crippen LogP contribution is -2.24. The van der Waals surface area contributed by atoms with Crippen LogP contribution in [-0.4, -0.2) is 30.8 Å². The fourth-order valence-corrected chi connectivity index (χ4v) is 2.09. The maximum atomic E-state index is 11.6. The number of methoxy groups -OCH3 is 1. The van der Waals surface area contributed by atoms with Gasteiger partial charge in [0.15, 0.2) is 18.1 Å². The Balaban J connectivity index is 1.81. The number of para-hydroxylation sites is 2. The smallest absolute Gasteiger partial charge is 0.277 e. The van der Waals surface area contributed by atoms with Crippen LogP contribution in [0.1, 0.15) is 10.7 Å². The van der Waals surface area contributed by atoms with Crippen molar-refractivity contribution in [2.45, 2.75) is 6.92 Å². The average molecular weight is 305 g/mol. The van der Waals surface area contributed by atoms with Gasteiger partial charge in [-0.3, -0.25) is 4.79 Å². The number of nitrogens with one attached hydrogen (secondary N) is 1. The van der Waals surface area contributed by atoms with Crippen molar-refractivity contribution in [1.82, 2.24) is 10.4 Å². The molecule has 110 valence electrons. The third kappa shape index (κ3) is 4.57. The molecule has 0 spiro atoms. The molecule has 1 aromatic heterocycles. The van der Waals surface area contributed by atoms with Crippen LogP contribution in [0.4, 0.5) is 0 Å². The molecule has 0 bridgehead atoms. The van der Waals surface area contributed by atoms with Gasteiger partial charge in [-0.05, 0) is 19.1 Å². The van der Waals surface area contributed by atoms with Gasteiger partial charge in [-0.25, -0.2) is 10.4 Å². The summed E-state index contributed by atoms with van der Waals surface area (Å²) in [5, 5.41) is 6.62. The van der Waals surface area contributed by atoms with Crippen LogP contribution in [0.25, 0.3) is 0 Å². The van der Waals surface area contributed by atoms with E-state index in [0.29, 0.717) is 17.2 Å². The largest absolute Gasteiger partial charge is 0.493 e. The molecule has 0 unspecified atom stereocenters. The number of aryl methyl sites for hydroxylation is 1. The highest BCUT2D eigenvalue weighted by molar-refractivity contribution is 7.09. The number of benzene rings is 1. The molecule has 0 aliphatic rings. The third-order valence-electron chi connectivity index (χ3n) is 2.45. The number of nitrogens with zero attached hydrogens (tertiary/aromatic N) is 2. The number of rotatable bonds is 6. The molecular formula is C14H15N3O3S. The molecule has 0 atom stereocenters. The summed E-state index contributed by atoms with van der Waals surface area (Å²) in [6, 6.07) is 7.12. The molecule has 0 radical (unpaired) electrons. The summed E-state index contributed by atoms with van der Waals surface area (Å²) in [4.78, 5) is 15.8. The lowest BCUT2D eigenvalue weighted by atomic mass is 10.3. The molecule has 2 rings (SSSR count). The van der Waals surface area contributed by atoms with Gasteiger partial charge in [-0.2, -0.15) is 5.10 Å². The number of carbonyl (C=O) groups excluding carboxylic acids is 1. The van der Waals surface area contributed by atoms with Crippen LogP contribution in [0.15, 0.2) is 34.7 Å². The molecule has 0 aliphatic carbocycles. The fraction of sp³-hybridized carbons (Fsp3) is 0.214. The number of carbonyl (C=O) groups is 1. The van der Waals surface area contributed by atoms with E-state index in [0.717, 1.165) is 5.01 Å². The highest BCUT2D eigenvalue weighted by Crippen LogP contribution is 2.25. The van der Waals surface area contributed by atoms with Gasteiger partial charge in [-0.1, -0.05) is 12.1 Å². The molecule has 1 heterocycles. The second-order valence-corrected chi connectivity index (χ2v) is 5.09. The van der Waals surface area contributed by atoms with Crippen molar-refractivity contribution in [1.29, 1.82) is 0 Å². The van der Waals surface area contributed by atoms with Crippen molar-refractivity contribution in [3.05, 3.63) is 40.3 Å². The summed E-state index contributed by atoms with van der Waals surface area (Å²) >= 11 is 1.52. The minimum Gasteiger partial charge on any atom is -0.493 e. The number of thiazole rings is 1. The molecule has 1 N–H and O–H groups in total. The molecule has 21 heavy (non-hydrogen) atoms. The SMILES string of the molecule is COc1ccccc1OCC(=O)N/N=C\c1csc(C)n1. The first-order valence-corrected chi connectivity index (χ1v) is 7.07. The highest BCUT2D eigenvalue weighted by atomic mass is 32.1. The van der Waals surface area contributed by atoms with Gasteiger partial charge in [0, 0.05) is 5.38 Å². The van der Waals surface area contributed by atoms with E-state index >= 15 is 0 Å². The topological polar surface area (TPSA) is 72.8 Å². The molecule has 0 saturated carbocycles. The van der Waals surface area contributed by atoms with Gasteiger partial charge >= 0.3 is 0 Å². The zero-order valence-electron chi connectivity index (χ0n) is 11.7. The summed E-state index contributed by atoms with van der Waals surface area (Å²) in [5.41, 5.74) is 3.09. The standard InChI is InChI=1S/C14H15N3O3S/c1-10-16-11(9-21-10)7-15-17-14(18)8-20-13-6-4-3-5-12(13)19-2/h3-7,9H,8H2,1-2H3,(H,17,18)/b15-7-. The minimum atomic E-state index is -0.357. The second-order valence-electron chi connectivity index (χ2n) is 4.02. The van der Waals surface area contributed by atoms with E-state index in [1.807, 2.05) is 18.4 Å². The van der Waals surface area contributed by atoms with Gasteiger partial charge in [0.05, 0.1) is 24.0 Å². The Morgan fingerprint density at radius 3 is 2.86 bits per heavy atom. The summed E-state index contributed by atoms with van der Waals surface area (Å²) in [7, 11) is 1.54. The number of hydrogen-bond acceptors (Lipinski definition) is 6. The lowest BCUT2D eigenvalue weighted by molar-refractivity contribution is -0.123. The van der Waals surface area contributed by atoms with Crippen molar-refractivity contribution < 1.29 is 14.3 Å². The summed E-state index contributed by atoms with van der Waals surface area (Å²) in [6.07, 6.45) is 1.49. The van der Waals surface area contributed by atoms with E-state index in [1.165, 1.54) is 17.6 Å². The van der Waals surface area contributed by atoms with Crippen molar-refractivity contribution in [3.63, 3.8) is 0 Å². The molecular weight excluding hydrogens is 290 g/mol. The van der Waals surface area contributed by atoms with E-state index < -0.39 is 0 Å². The molecule has 7 heteroatoms. The first kappa shape index (κ1) is 15.0. The quantitative estimate of drug-likeness (QED) is 0.654. The highest BCUT2D eigenvalue weighted by Gasteiger charge is 2.05. The van der Waals surface area contributed by atoms with Crippen LogP contribution in [0.5, 0.6) is 11.5 Å². The number of aromatic nitrogens is 1. The molecule has 0 saturated heterocycles. The Bertz CT molecular complexity index is 640. The van der Waals surface area contributed by atoms with E-state index in [1.54, 1.807) is 25.3 Å². The van der Waals surface area contributed by atoms with Crippen molar-refractivity contribution in [2.24, 2.45) is 5.10 Å². The summed E-state index contributed by atoms with van der Waals surface area (Å²) in [6.45, 7) is 1.76. The van der Waals surface area contributed by atoms with Crippen LogP contribution < -0.4 is 14.9 Å².